The number of piperidine rings is 2. The van der Waals surface area contributed by atoms with Gasteiger partial charge in [0.15, 0.2) is 0 Å². The zero-order chi connectivity index (χ0) is 14.4. The van der Waals surface area contributed by atoms with Crippen molar-refractivity contribution in [3.63, 3.8) is 0 Å². The molecule has 1 aromatic carbocycles. The predicted octanol–water partition coefficient (Wildman–Crippen LogP) is 2.72. The maximum Gasteiger partial charge on any atom is 0.0926 e. The SMILES string of the molecule is C[Si](C)(C)c1ccc(C2(O)CC3CCCC(C2)N3)cc1. The van der Waals surface area contributed by atoms with Crippen molar-refractivity contribution in [3.8, 4) is 0 Å². The molecule has 2 aliphatic rings. The number of benzene rings is 1. The van der Waals surface area contributed by atoms with Crippen molar-refractivity contribution in [3.05, 3.63) is 29.8 Å². The van der Waals surface area contributed by atoms with Gasteiger partial charge in [-0.2, -0.15) is 0 Å². The molecule has 0 spiro atoms. The molecule has 2 bridgehead atoms. The Hall–Kier alpha value is -0.643. The molecule has 2 nitrogen and oxygen atoms in total. The van der Waals surface area contributed by atoms with E-state index in [2.05, 4.69) is 49.2 Å². The van der Waals surface area contributed by atoms with Gasteiger partial charge < -0.3 is 10.4 Å². The van der Waals surface area contributed by atoms with E-state index >= 15 is 0 Å². The van der Waals surface area contributed by atoms with Gasteiger partial charge in [0.25, 0.3) is 0 Å². The van der Waals surface area contributed by atoms with Crippen LogP contribution in [0.25, 0.3) is 0 Å². The summed E-state index contributed by atoms with van der Waals surface area (Å²) in [5.74, 6) is 0. The first-order chi connectivity index (χ1) is 9.37. The van der Waals surface area contributed by atoms with Gasteiger partial charge in [0.05, 0.1) is 13.7 Å². The van der Waals surface area contributed by atoms with E-state index in [0.717, 1.165) is 18.4 Å². The Kier molecular flexibility index (Phi) is 3.55. The second-order valence-electron chi connectivity index (χ2n) is 7.76. The summed E-state index contributed by atoms with van der Waals surface area (Å²) in [6.07, 6.45) is 5.48. The molecule has 2 heterocycles. The largest absolute Gasteiger partial charge is 0.385 e. The molecule has 2 atom stereocenters. The third-order valence-electron chi connectivity index (χ3n) is 5.03. The molecule has 3 heteroatoms. The second-order valence-corrected chi connectivity index (χ2v) is 12.8. The summed E-state index contributed by atoms with van der Waals surface area (Å²) in [6, 6.07) is 9.85. The van der Waals surface area contributed by atoms with E-state index < -0.39 is 13.7 Å². The molecule has 2 aliphatic heterocycles. The number of hydrogen-bond donors (Lipinski definition) is 2. The lowest BCUT2D eigenvalue weighted by atomic mass is 9.74. The first kappa shape index (κ1) is 14.3. The van der Waals surface area contributed by atoms with E-state index in [4.69, 9.17) is 0 Å². The van der Waals surface area contributed by atoms with Crippen LogP contribution in [-0.4, -0.2) is 25.3 Å². The molecule has 0 aromatic heterocycles. The van der Waals surface area contributed by atoms with E-state index in [0.29, 0.717) is 12.1 Å². The Bertz CT molecular complexity index is 465. The molecule has 1 aromatic rings. The van der Waals surface area contributed by atoms with Gasteiger partial charge in [-0.1, -0.05) is 55.5 Å². The first-order valence-corrected chi connectivity index (χ1v) is 11.5. The fourth-order valence-corrected chi connectivity index (χ4v) is 5.01. The Morgan fingerprint density at radius 1 is 1.05 bits per heavy atom. The first-order valence-electron chi connectivity index (χ1n) is 7.96. The number of hydrogen-bond acceptors (Lipinski definition) is 2. The smallest absolute Gasteiger partial charge is 0.0926 e. The normalized spacial score (nSPS) is 34.0. The monoisotopic (exact) mass is 289 g/mol. The number of nitrogens with one attached hydrogen (secondary N) is 1. The Balaban J connectivity index is 1.84. The van der Waals surface area contributed by atoms with Crippen LogP contribution in [-0.2, 0) is 5.60 Å². The van der Waals surface area contributed by atoms with Crippen LogP contribution in [0.3, 0.4) is 0 Å². The highest BCUT2D eigenvalue weighted by Gasteiger charge is 2.41. The summed E-state index contributed by atoms with van der Waals surface area (Å²) in [6.45, 7) is 7.10. The molecule has 110 valence electrons. The Labute approximate surface area is 123 Å². The van der Waals surface area contributed by atoms with Gasteiger partial charge in [-0.15, -0.1) is 0 Å². The van der Waals surface area contributed by atoms with Gasteiger partial charge >= 0.3 is 0 Å². The van der Waals surface area contributed by atoms with Crippen LogP contribution in [0.15, 0.2) is 24.3 Å². The molecule has 0 amide bonds. The van der Waals surface area contributed by atoms with Gasteiger partial charge in [0, 0.05) is 12.1 Å². The fraction of sp³-hybridized carbons (Fsp3) is 0.647. The van der Waals surface area contributed by atoms with E-state index in [1.807, 2.05) is 0 Å². The van der Waals surface area contributed by atoms with E-state index in [-0.39, 0.29) is 0 Å². The molecular weight excluding hydrogens is 262 g/mol. The molecule has 3 rings (SSSR count). The summed E-state index contributed by atoms with van der Waals surface area (Å²) in [5, 5.41) is 16.2. The molecule has 0 radical (unpaired) electrons. The lowest BCUT2D eigenvalue weighted by molar-refractivity contribution is -0.0358. The fourth-order valence-electron chi connectivity index (χ4n) is 3.85. The predicted molar refractivity (Wildman–Crippen MR) is 87.1 cm³/mol. The minimum absolute atomic E-state index is 0.504. The van der Waals surface area contributed by atoms with Crippen LogP contribution in [0.4, 0.5) is 0 Å². The molecule has 0 saturated carbocycles. The maximum absolute atomic E-state index is 11.1. The summed E-state index contributed by atoms with van der Waals surface area (Å²) in [7, 11) is -1.25. The molecular formula is C17H27NOSi. The van der Waals surface area contributed by atoms with Crippen LogP contribution >= 0.6 is 0 Å². The highest BCUT2D eigenvalue weighted by Crippen LogP contribution is 2.39. The average molecular weight is 289 g/mol. The minimum Gasteiger partial charge on any atom is -0.385 e. The maximum atomic E-state index is 11.1. The molecule has 2 N–H and O–H groups in total. The van der Waals surface area contributed by atoms with Crippen molar-refractivity contribution in [2.75, 3.05) is 0 Å². The molecule has 2 fully saturated rings. The number of aliphatic hydroxyl groups is 1. The summed E-state index contributed by atoms with van der Waals surface area (Å²) < 4.78 is 0. The van der Waals surface area contributed by atoms with Crippen LogP contribution in [0.5, 0.6) is 0 Å². The molecule has 20 heavy (non-hydrogen) atoms. The van der Waals surface area contributed by atoms with Crippen molar-refractivity contribution >= 4 is 13.3 Å². The van der Waals surface area contributed by atoms with Crippen molar-refractivity contribution < 1.29 is 5.11 Å². The zero-order valence-electron chi connectivity index (χ0n) is 12.9. The van der Waals surface area contributed by atoms with Crippen molar-refractivity contribution in [1.82, 2.24) is 5.32 Å². The lowest BCUT2D eigenvalue weighted by Crippen LogP contribution is -2.54. The van der Waals surface area contributed by atoms with Crippen LogP contribution < -0.4 is 10.5 Å². The van der Waals surface area contributed by atoms with Crippen LogP contribution in [0.2, 0.25) is 19.6 Å². The van der Waals surface area contributed by atoms with Crippen molar-refractivity contribution in [2.24, 2.45) is 0 Å². The van der Waals surface area contributed by atoms with Gasteiger partial charge in [0.2, 0.25) is 0 Å². The highest BCUT2D eigenvalue weighted by molar-refractivity contribution is 6.88. The van der Waals surface area contributed by atoms with E-state index in [9.17, 15) is 5.11 Å². The van der Waals surface area contributed by atoms with Gasteiger partial charge in [-0.05, 0) is 31.2 Å². The van der Waals surface area contributed by atoms with Gasteiger partial charge in [-0.25, -0.2) is 0 Å². The second kappa shape index (κ2) is 4.97. The van der Waals surface area contributed by atoms with Crippen LogP contribution in [0, 0.1) is 0 Å². The van der Waals surface area contributed by atoms with Crippen molar-refractivity contribution in [1.29, 1.82) is 0 Å². The molecule has 0 aliphatic carbocycles. The highest BCUT2D eigenvalue weighted by atomic mass is 28.3. The van der Waals surface area contributed by atoms with E-state index in [1.165, 1.54) is 24.4 Å². The summed E-state index contributed by atoms with van der Waals surface area (Å²) in [4.78, 5) is 0. The average Bonchev–Trinajstić information content (AvgIpc) is 2.37. The quantitative estimate of drug-likeness (QED) is 0.821. The Morgan fingerprint density at radius 3 is 2.10 bits per heavy atom. The third-order valence-corrected chi connectivity index (χ3v) is 7.10. The summed E-state index contributed by atoms with van der Waals surface area (Å²) >= 11 is 0. The van der Waals surface area contributed by atoms with Crippen molar-refractivity contribution in [2.45, 2.75) is 69.4 Å². The van der Waals surface area contributed by atoms with E-state index in [1.54, 1.807) is 0 Å². The van der Waals surface area contributed by atoms with Gasteiger partial charge in [0.1, 0.15) is 0 Å². The topological polar surface area (TPSA) is 32.3 Å². The third kappa shape index (κ3) is 2.72. The number of fused-ring (bicyclic) bond motifs is 2. The summed E-state index contributed by atoms with van der Waals surface area (Å²) in [5.41, 5.74) is 0.511. The standard InChI is InChI=1S/C17H27NOSi/c1-20(2,3)16-9-7-13(8-10-16)17(19)11-14-5-4-6-15(12-17)18-14/h7-10,14-15,18-19H,4-6,11-12H2,1-3H3. The number of rotatable bonds is 2. The van der Waals surface area contributed by atoms with Gasteiger partial charge in [-0.3, -0.25) is 0 Å². The Morgan fingerprint density at radius 2 is 1.60 bits per heavy atom. The lowest BCUT2D eigenvalue weighted by Gasteiger charge is -2.45. The zero-order valence-corrected chi connectivity index (χ0v) is 13.9. The molecule has 2 unspecified atom stereocenters. The minimum atomic E-state index is -1.25. The molecule has 2 saturated heterocycles. The van der Waals surface area contributed by atoms with Crippen LogP contribution in [0.1, 0.15) is 37.7 Å².